The first-order chi connectivity index (χ1) is 14.2. The molecule has 0 aliphatic rings. The number of pyridine rings is 1. The third-order valence-electron chi connectivity index (χ3n) is 5.20. The second-order valence-electron chi connectivity index (χ2n) is 8.08. The Balaban J connectivity index is 2.07. The second kappa shape index (κ2) is 8.28. The lowest BCUT2D eigenvalue weighted by Crippen LogP contribution is -2.46. The molecule has 0 fully saturated rings. The quantitative estimate of drug-likeness (QED) is 0.522. The van der Waals surface area contributed by atoms with E-state index in [1.165, 1.54) is 4.57 Å². The molecule has 7 heteroatoms. The lowest BCUT2D eigenvalue weighted by atomic mass is 10.0. The Hall–Kier alpha value is -3.19. The molecule has 3 aromatic rings. The lowest BCUT2D eigenvalue weighted by Gasteiger charge is -2.23. The van der Waals surface area contributed by atoms with E-state index < -0.39 is 5.54 Å². The molecule has 0 spiro atoms. The van der Waals surface area contributed by atoms with Crippen molar-refractivity contribution in [2.75, 3.05) is 6.61 Å². The van der Waals surface area contributed by atoms with E-state index in [0.717, 1.165) is 0 Å². The fraction of sp³-hybridized carbons (Fsp3) is 0.348. The summed E-state index contributed by atoms with van der Waals surface area (Å²) < 4.78 is 1.45. The Labute approximate surface area is 174 Å². The summed E-state index contributed by atoms with van der Waals surface area (Å²) in [4.78, 5) is 41.8. The summed E-state index contributed by atoms with van der Waals surface area (Å²) in [6.45, 7) is 6.78. The summed E-state index contributed by atoms with van der Waals surface area (Å²) in [7, 11) is 0. The summed E-state index contributed by atoms with van der Waals surface area (Å²) in [5.41, 5.74) is 1.54. The number of Topliss-reactive ketones (excluding diaryl/α,β-unsaturated/α-hetero) is 1. The van der Waals surface area contributed by atoms with Crippen molar-refractivity contribution in [3.05, 3.63) is 69.3 Å². The van der Waals surface area contributed by atoms with Crippen molar-refractivity contribution in [2.45, 2.75) is 46.2 Å². The van der Waals surface area contributed by atoms with Crippen LogP contribution in [0.25, 0.3) is 10.9 Å². The number of nitrogens with one attached hydrogen (secondary N) is 2. The highest BCUT2D eigenvalue weighted by molar-refractivity contribution is 6.01. The molecule has 0 saturated heterocycles. The highest BCUT2D eigenvalue weighted by Crippen LogP contribution is 2.22. The number of aromatic amines is 1. The van der Waals surface area contributed by atoms with Gasteiger partial charge in [-0.05, 0) is 38.8 Å². The number of H-pyrrole nitrogens is 1. The Bertz CT molecular complexity index is 1160. The van der Waals surface area contributed by atoms with Crippen LogP contribution in [0.4, 0.5) is 0 Å². The number of aromatic nitrogens is 2. The summed E-state index contributed by atoms with van der Waals surface area (Å²) >= 11 is 0. The summed E-state index contributed by atoms with van der Waals surface area (Å²) in [6, 6.07) is 10.6. The van der Waals surface area contributed by atoms with Crippen molar-refractivity contribution in [2.24, 2.45) is 0 Å². The summed E-state index contributed by atoms with van der Waals surface area (Å²) in [5.74, 6) is -0.539. The zero-order valence-electron chi connectivity index (χ0n) is 17.7. The highest BCUT2D eigenvalue weighted by atomic mass is 16.3. The largest absolute Gasteiger partial charge is 0.394 e. The van der Waals surface area contributed by atoms with Crippen molar-refractivity contribution in [1.82, 2.24) is 14.9 Å². The fourth-order valence-corrected chi connectivity index (χ4v) is 3.51. The predicted molar refractivity (Wildman–Crippen MR) is 116 cm³/mol. The normalized spacial score (nSPS) is 11.6. The van der Waals surface area contributed by atoms with Crippen molar-refractivity contribution in [3.8, 4) is 0 Å². The molecular formula is C23H27N3O4. The maximum atomic E-state index is 13.3. The van der Waals surface area contributed by atoms with Crippen molar-refractivity contribution in [1.29, 1.82) is 0 Å². The molecule has 0 bridgehead atoms. The van der Waals surface area contributed by atoms with Gasteiger partial charge in [-0.2, -0.15) is 0 Å². The van der Waals surface area contributed by atoms with Crippen LogP contribution in [0.5, 0.6) is 0 Å². The molecule has 30 heavy (non-hydrogen) atoms. The standard InChI is InChI=1S/C23H27N3O4/c1-5-16-19-17(24-20(16)21(29)25-23(3,4)13-27)11-14(2)26(22(19)30)12-18(28)15-9-7-6-8-10-15/h6-11,24,27H,5,12-13H2,1-4H3,(H,25,29). The van der Waals surface area contributed by atoms with E-state index in [0.29, 0.717) is 39.8 Å². The zero-order valence-corrected chi connectivity index (χ0v) is 17.7. The first kappa shape index (κ1) is 21.5. The predicted octanol–water partition coefficient (Wildman–Crippen LogP) is 2.58. The average Bonchev–Trinajstić information content (AvgIpc) is 3.10. The van der Waals surface area contributed by atoms with E-state index in [1.54, 1.807) is 51.1 Å². The smallest absolute Gasteiger partial charge is 0.268 e. The van der Waals surface area contributed by atoms with Gasteiger partial charge in [-0.1, -0.05) is 37.3 Å². The molecule has 0 unspecified atom stereocenters. The van der Waals surface area contributed by atoms with Gasteiger partial charge < -0.3 is 20.0 Å². The van der Waals surface area contributed by atoms with E-state index >= 15 is 0 Å². The van der Waals surface area contributed by atoms with Gasteiger partial charge >= 0.3 is 0 Å². The van der Waals surface area contributed by atoms with E-state index in [9.17, 15) is 19.5 Å². The number of nitrogens with zero attached hydrogens (tertiary/aromatic N) is 1. The zero-order chi connectivity index (χ0) is 22.1. The second-order valence-corrected chi connectivity index (χ2v) is 8.08. The van der Waals surface area contributed by atoms with Gasteiger partial charge in [0.15, 0.2) is 5.78 Å². The van der Waals surface area contributed by atoms with Gasteiger partial charge in [-0.25, -0.2) is 0 Å². The van der Waals surface area contributed by atoms with E-state index in [1.807, 2.05) is 13.0 Å². The van der Waals surface area contributed by atoms with Gasteiger partial charge in [0.05, 0.1) is 29.6 Å². The highest BCUT2D eigenvalue weighted by Gasteiger charge is 2.25. The monoisotopic (exact) mass is 409 g/mol. The molecule has 0 saturated carbocycles. The van der Waals surface area contributed by atoms with Crippen LogP contribution in [0.15, 0.2) is 41.2 Å². The fourth-order valence-electron chi connectivity index (χ4n) is 3.51. The molecule has 3 rings (SSSR count). The van der Waals surface area contributed by atoms with Gasteiger partial charge in [0.2, 0.25) is 0 Å². The van der Waals surface area contributed by atoms with Gasteiger partial charge in [-0.3, -0.25) is 14.4 Å². The van der Waals surface area contributed by atoms with E-state index in [4.69, 9.17) is 0 Å². The molecule has 7 nitrogen and oxygen atoms in total. The number of aryl methyl sites for hydroxylation is 2. The Morgan fingerprint density at radius 1 is 1.20 bits per heavy atom. The summed E-state index contributed by atoms with van der Waals surface area (Å²) in [6.07, 6.45) is 0.466. The van der Waals surface area contributed by atoms with E-state index in [-0.39, 0.29) is 30.4 Å². The molecule has 1 aromatic carbocycles. The number of rotatable bonds is 7. The molecule has 1 amide bonds. The first-order valence-corrected chi connectivity index (χ1v) is 9.95. The molecule has 0 aliphatic heterocycles. The Kier molecular flexibility index (Phi) is 5.94. The maximum Gasteiger partial charge on any atom is 0.268 e. The Morgan fingerprint density at radius 2 is 1.87 bits per heavy atom. The number of hydrogen-bond donors (Lipinski definition) is 3. The summed E-state index contributed by atoms with van der Waals surface area (Å²) in [5, 5.41) is 12.6. The maximum absolute atomic E-state index is 13.3. The number of aliphatic hydroxyl groups is 1. The molecule has 0 radical (unpaired) electrons. The molecule has 2 aromatic heterocycles. The number of hydrogen-bond acceptors (Lipinski definition) is 4. The molecular weight excluding hydrogens is 382 g/mol. The SMILES string of the molecule is CCc1c(C(=O)NC(C)(C)CO)[nH]c2cc(C)n(CC(=O)c3ccccc3)c(=O)c12. The van der Waals surface area contributed by atoms with Crippen LogP contribution in [0.3, 0.4) is 0 Å². The third-order valence-corrected chi connectivity index (χ3v) is 5.20. The van der Waals surface area contributed by atoms with Crippen molar-refractivity contribution >= 4 is 22.6 Å². The number of fused-ring (bicyclic) bond motifs is 1. The third kappa shape index (κ3) is 4.07. The minimum absolute atomic E-state index is 0.0714. The minimum Gasteiger partial charge on any atom is -0.394 e. The first-order valence-electron chi connectivity index (χ1n) is 9.95. The van der Waals surface area contributed by atoms with Crippen LogP contribution >= 0.6 is 0 Å². The van der Waals surface area contributed by atoms with Crippen LogP contribution in [-0.2, 0) is 13.0 Å². The topological polar surface area (TPSA) is 104 Å². The number of carbonyl (C=O) groups is 2. The molecule has 0 atom stereocenters. The average molecular weight is 409 g/mol. The number of aliphatic hydroxyl groups excluding tert-OH is 1. The number of ketones is 1. The number of amides is 1. The lowest BCUT2D eigenvalue weighted by molar-refractivity contribution is 0.0863. The molecule has 158 valence electrons. The van der Waals surface area contributed by atoms with Crippen molar-refractivity contribution in [3.63, 3.8) is 0 Å². The molecule has 3 N–H and O–H groups in total. The van der Waals surface area contributed by atoms with E-state index in [2.05, 4.69) is 10.3 Å². The van der Waals surface area contributed by atoms with Gasteiger partial charge in [0.25, 0.3) is 11.5 Å². The minimum atomic E-state index is -0.794. The van der Waals surface area contributed by atoms with Gasteiger partial charge in [0, 0.05) is 11.3 Å². The molecule has 0 aliphatic carbocycles. The van der Waals surface area contributed by atoms with Crippen LogP contribution in [0.2, 0.25) is 0 Å². The van der Waals surface area contributed by atoms with Crippen LogP contribution in [-0.4, -0.2) is 38.5 Å². The number of benzene rings is 1. The number of carbonyl (C=O) groups excluding carboxylic acids is 2. The van der Waals surface area contributed by atoms with Gasteiger partial charge in [0.1, 0.15) is 5.69 Å². The van der Waals surface area contributed by atoms with Crippen LogP contribution in [0.1, 0.15) is 52.9 Å². The van der Waals surface area contributed by atoms with Crippen LogP contribution < -0.4 is 10.9 Å². The Morgan fingerprint density at radius 3 is 2.47 bits per heavy atom. The molecule has 2 heterocycles. The van der Waals surface area contributed by atoms with Crippen LogP contribution in [0, 0.1) is 6.92 Å². The van der Waals surface area contributed by atoms with Gasteiger partial charge in [-0.15, -0.1) is 0 Å². The van der Waals surface area contributed by atoms with Crippen molar-refractivity contribution < 1.29 is 14.7 Å².